The van der Waals surface area contributed by atoms with Crippen molar-refractivity contribution in [3.63, 3.8) is 0 Å². The highest BCUT2D eigenvalue weighted by Crippen LogP contribution is 2.20. The summed E-state index contributed by atoms with van der Waals surface area (Å²) >= 11 is 1.59. The molecule has 0 aliphatic heterocycles. The Morgan fingerprint density at radius 1 is 1.39 bits per heavy atom. The molecule has 0 radical (unpaired) electrons. The molecule has 0 amide bonds. The third-order valence-corrected chi connectivity index (χ3v) is 3.27. The van der Waals surface area contributed by atoms with Crippen molar-refractivity contribution in [1.29, 1.82) is 0 Å². The SMILES string of the molecule is Cc1cnc(CNc2cc([N+](=O)[O-])c(C)cn2)s1. The van der Waals surface area contributed by atoms with E-state index in [1.807, 2.05) is 6.92 Å². The minimum Gasteiger partial charge on any atom is -0.363 e. The van der Waals surface area contributed by atoms with Crippen molar-refractivity contribution in [2.24, 2.45) is 0 Å². The van der Waals surface area contributed by atoms with Crippen LogP contribution in [0.3, 0.4) is 0 Å². The Labute approximate surface area is 108 Å². The number of hydrogen-bond donors (Lipinski definition) is 1. The fourth-order valence-corrected chi connectivity index (χ4v) is 2.18. The molecule has 2 heterocycles. The summed E-state index contributed by atoms with van der Waals surface area (Å²) in [4.78, 5) is 19.8. The molecule has 1 N–H and O–H groups in total. The summed E-state index contributed by atoms with van der Waals surface area (Å²) in [6.45, 7) is 4.17. The van der Waals surface area contributed by atoms with Gasteiger partial charge in [0.15, 0.2) is 0 Å². The summed E-state index contributed by atoms with van der Waals surface area (Å²) in [6.07, 6.45) is 3.29. The van der Waals surface area contributed by atoms with Crippen LogP contribution in [0.5, 0.6) is 0 Å². The summed E-state index contributed by atoms with van der Waals surface area (Å²) in [5.74, 6) is 0.486. The van der Waals surface area contributed by atoms with Crippen molar-refractivity contribution in [1.82, 2.24) is 9.97 Å². The second-order valence-electron chi connectivity index (χ2n) is 3.83. The van der Waals surface area contributed by atoms with E-state index in [9.17, 15) is 10.1 Å². The van der Waals surface area contributed by atoms with Gasteiger partial charge in [-0.25, -0.2) is 9.97 Å². The van der Waals surface area contributed by atoms with E-state index in [-0.39, 0.29) is 5.69 Å². The summed E-state index contributed by atoms with van der Waals surface area (Å²) in [5, 5.41) is 14.7. The molecule has 2 aromatic heterocycles. The zero-order valence-corrected chi connectivity index (χ0v) is 10.8. The number of nitrogens with one attached hydrogen (secondary N) is 1. The second-order valence-corrected chi connectivity index (χ2v) is 5.15. The third-order valence-electron chi connectivity index (χ3n) is 2.36. The van der Waals surface area contributed by atoms with Gasteiger partial charge in [-0.1, -0.05) is 0 Å². The van der Waals surface area contributed by atoms with Gasteiger partial charge in [0, 0.05) is 22.8 Å². The largest absolute Gasteiger partial charge is 0.363 e. The first-order valence-corrected chi connectivity index (χ1v) is 6.14. The summed E-state index contributed by atoms with van der Waals surface area (Å²) in [6, 6.07) is 1.44. The number of pyridine rings is 1. The fraction of sp³-hybridized carbons (Fsp3) is 0.273. The van der Waals surface area contributed by atoms with E-state index in [1.54, 1.807) is 24.5 Å². The molecule has 0 aromatic carbocycles. The van der Waals surface area contributed by atoms with Crippen LogP contribution in [0.1, 0.15) is 15.4 Å². The van der Waals surface area contributed by atoms with Crippen LogP contribution in [0.25, 0.3) is 0 Å². The van der Waals surface area contributed by atoms with Crippen molar-refractivity contribution in [2.45, 2.75) is 20.4 Å². The topological polar surface area (TPSA) is 81.0 Å². The monoisotopic (exact) mass is 264 g/mol. The summed E-state index contributed by atoms with van der Waals surface area (Å²) < 4.78 is 0. The number of nitro groups is 1. The smallest absolute Gasteiger partial charge is 0.277 e. The van der Waals surface area contributed by atoms with Gasteiger partial charge in [0.05, 0.1) is 17.5 Å². The Balaban J connectivity index is 2.10. The van der Waals surface area contributed by atoms with Gasteiger partial charge in [-0.3, -0.25) is 10.1 Å². The molecular weight excluding hydrogens is 252 g/mol. The molecule has 0 aliphatic carbocycles. The van der Waals surface area contributed by atoms with E-state index in [1.165, 1.54) is 12.3 Å². The molecule has 0 saturated heterocycles. The third kappa shape index (κ3) is 2.80. The van der Waals surface area contributed by atoms with Crippen LogP contribution in [-0.4, -0.2) is 14.9 Å². The van der Waals surface area contributed by atoms with Gasteiger partial charge < -0.3 is 5.32 Å². The minimum absolute atomic E-state index is 0.0721. The first-order chi connectivity index (χ1) is 8.56. The van der Waals surface area contributed by atoms with Gasteiger partial charge in [0.1, 0.15) is 10.8 Å². The Kier molecular flexibility index (Phi) is 3.52. The average molecular weight is 264 g/mol. The van der Waals surface area contributed by atoms with E-state index < -0.39 is 4.92 Å². The van der Waals surface area contributed by atoms with E-state index >= 15 is 0 Å². The Morgan fingerprint density at radius 3 is 2.78 bits per heavy atom. The van der Waals surface area contributed by atoms with Crippen LogP contribution in [0.2, 0.25) is 0 Å². The van der Waals surface area contributed by atoms with Gasteiger partial charge in [0.2, 0.25) is 0 Å². The first kappa shape index (κ1) is 12.4. The Bertz CT molecular complexity index is 582. The molecule has 7 heteroatoms. The van der Waals surface area contributed by atoms with Gasteiger partial charge >= 0.3 is 0 Å². The lowest BCUT2D eigenvalue weighted by molar-refractivity contribution is -0.385. The lowest BCUT2D eigenvalue weighted by atomic mass is 10.2. The highest BCUT2D eigenvalue weighted by atomic mass is 32.1. The molecule has 0 unspecified atom stereocenters. The van der Waals surface area contributed by atoms with Gasteiger partial charge in [-0.2, -0.15) is 0 Å². The van der Waals surface area contributed by atoms with Crippen LogP contribution in [0, 0.1) is 24.0 Å². The number of rotatable bonds is 4. The van der Waals surface area contributed by atoms with Gasteiger partial charge in [-0.05, 0) is 13.8 Å². The predicted octanol–water partition coefficient (Wildman–Crippen LogP) is 2.68. The minimum atomic E-state index is -0.407. The van der Waals surface area contributed by atoms with Crippen molar-refractivity contribution in [3.8, 4) is 0 Å². The van der Waals surface area contributed by atoms with Crippen molar-refractivity contribution in [2.75, 3.05) is 5.32 Å². The maximum Gasteiger partial charge on any atom is 0.277 e. The molecule has 18 heavy (non-hydrogen) atoms. The summed E-state index contributed by atoms with van der Waals surface area (Å²) in [7, 11) is 0. The molecule has 6 nitrogen and oxygen atoms in total. The molecule has 2 rings (SSSR count). The van der Waals surface area contributed by atoms with Crippen molar-refractivity contribution >= 4 is 22.8 Å². The number of hydrogen-bond acceptors (Lipinski definition) is 6. The number of aromatic nitrogens is 2. The highest BCUT2D eigenvalue weighted by Gasteiger charge is 2.12. The highest BCUT2D eigenvalue weighted by molar-refractivity contribution is 7.11. The van der Waals surface area contributed by atoms with E-state index in [0.29, 0.717) is 17.9 Å². The van der Waals surface area contributed by atoms with E-state index in [0.717, 1.165) is 9.88 Å². The molecule has 0 bridgehead atoms. The first-order valence-electron chi connectivity index (χ1n) is 5.32. The maximum absolute atomic E-state index is 10.8. The number of thiazole rings is 1. The molecule has 0 spiro atoms. The normalized spacial score (nSPS) is 10.3. The van der Waals surface area contributed by atoms with Crippen LogP contribution in [0.15, 0.2) is 18.5 Å². The molecular formula is C11H12N4O2S. The van der Waals surface area contributed by atoms with E-state index in [2.05, 4.69) is 15.3 Å². The fourth-order valence-electron chi connectivity index (χ4n) is 1.46. The standard InChI is InChI=1S/C11H12N4O2S/c1-7-4-12-10(3-9(7)15(16)17)13-6-11-14-5-8(2)18-11/h3-5H,6H2,1-2H3,(H,12,13). The zero-order chi connectivity index (χ0) is 13.1. The Morgan fingerprint density at radius 2 is 2.17 bits per heavy atom. The quantitative estimate of drug-likeness (QED) is 0.678. The second kappa shape index (κ2) is 5.09. The van der Waals surface area contributed by atoms with Gasteiger partial charge in [-0.15, -0.1) is 11.3 Å². The predicted molar refractivity (Wildman–Crippen MR) is 69.8 cm³/mol. The molecule has 2 aromatic rings. The number of anilines is 1. The number of nitrogens with zero attached hydrogens (tertiary/aromatic N) is 3. The lowest BCUT2D eigenvalue weighted by Crippen LogP contribution is -2.02. The lowest BCUT2D eigenvalue weighted by Gasteiger charge is -2.04. The van der Waals surface area contributed by atoms with Crippen LogP contribution in [-0.2, 0) is 6.54 Å². The van der Waals surface area contributed by atoms with Crippen molar-refractivity contribution < 1.29 is 4.92 Å². The molecule has 0 fully saturated rings. The van der Waals surface area contributed by atoms with Gasteiger partial charge in [0.25, 0.3) is 5.69 Å². The van der Waals surface area contributed by atoms with E-state index in [4.69, 9.17) is 0 Å². The molecule has 0 atom stereocenters. The maximum atomic E-state index is 10.8. The van der Waals surface area contributed by atoms with Crippen molar-refractivity contribution in [3.05, 3.63) is 44.0 Å². The Hall–Kier alpha value is -2.02. The molecule has 94 valence electrons. The van der Waals surface area contributed by atoms with Crippen LogP contribution < -0.4 is 5.32 Å². The zero-order valence-electron chi connectivity index (χ0n) is 10.0. The average Bonchev–Trinajstić information content (AvgIpc) is 2.74. The van der Waals surface area contributed by atoms with Crippen LogP contribution >= 0.6 is 11.3 Å². The molecule has 0 aliphatic rings. The van der Waals surface area contributed by atoms with Crippen LogP contribution in [0.4, 0.5) is 11.5 Å². The summed E-state index contributed by atoms with van der Waals surface area (Å²) in [5.41, 5.74) is 0.624. The molecule has 0 saturated carbocycles. The number of aryl methyl sites for hydroxylation is 2.